The summed E-state index contributed by atoms with van der Waals surface area (Å²) in [6.45, 7) is 4.25. The maximum Gasteiger partial charge on any atom is 0.153 e. The van der Waals surface area contributed by atoms with Crippen LogP contribution in [0.25, 0.3) is 0 Å². The average Bonchev–Trinajstić information content (AvgIpc) is 2.61. The maximum atomic E-state index is 6.46. The fourth-order valence-corrected chi connectivity index (χ4v) is 2.58. The van der Waals surface area contributed by atoms with Crippen molar-refractivity contribution in [3.8, 4) is 0 Å². The van der Waals surface area contributed by atoms with E-state index < -0.39 is 0 Å². The van der Waals surface area contributed by atoms with Gasteiger partial charge < -0.3 is 5.73 Å². The van der Waals surface area contributed by atoms with Gasteiger partial charge in [0.25, 0.3) is 0 Å². The first-order chi connectivity index (χ1) is 8.00. The monoisotopic (exact) mass is 236 g/mol. The second-order valence-electron chi connectivity index (χ2n) is 5.76. The molecule has 0 amide bonds. The van der Waals surface area contributed by atoms with Crippen molar-refractivity contribution in [1.29, 1.82) is 0 Å². The van der Waals surface area contributed by atoms with Crippen LogP contribution in [0, 0.1) is 0 Å². The minimum absolute atomic E-state index is 0.0483. The molecule has 0 unspecified atom stereocenters. The summed E-state index contributed by atoms with van der Waals surface area (Å²) in [5.41, 5.74) is 6.42. The Morgan fingerprint density at radius 3 is 2.47 bits per heavy atom. The Morgan fingerprint density at radius 2 is 1.94 bits per heavy atom. The predicted molar refractivity (Wildman–Crippen MR) is 68.8 cm³/mol. The lowest BCUT2D eigenvalue weighted by molar-refractivity contribution is 0.287. The largest absolute Gasteiger partial charge is 0.325 e. The van der Waals surface area contributed by atoms with Crippen LogP contribution in [0.4, 0.5) is 0 Å². The molecule has 4 nitrogen and oxygen atoms in total. The van der Waals surface area contributed by atoms with E-state index in [1.807, 2.05) is 11.7 Å². The van der Waals surface area contributed by atoms with E-state index in [1.54, 1.807) is 0 Å². The molecule has 2 rings (SSSR count). The van der Waals surface area contributed by atoms with Crippen LogP contribution >= 0.6 is 0 Å². The van der Waals surface area contributed by atoms with Crippen molar-refractivity contribution in [2.24, 2.45) is 12.8 Å². The molecule has 0 spiro atoms. The first kappa shape index (κ1) is 12.6. The standard InChI is InChI=1S/C13H24N4/c1-10(2)12-15-11(17(3)16-12)9-13(14)7-5-4-6-8-13/h10H,4-9,14H2,1-3H3. The van der Waals surface area contributed by atoms with Crippen molar-refractivity contribution in [1.82, 2.24) is 14.8 Å². The minimum Gasteiger partial charge on any atom is -0.325 e. The first-order valence-electron chi connectivity index (χ1n) is 6.69. The highest BCUT2D eigenvalue weighted by atomic mass is 15.3. The van der Waals surface area contributed by atoms with Crippen LogP contribution in [-0.4, -0.2) is 20.3 Å². The highest BCUT2D eigenvalue weighted by Gasteiger charge is 2.29. The average molecular weight is 236 g/mol. The molecule has 1 aromatic rings. The van der Waals surface area contributed by atoms with Gasteiger partial charge in [0.15, 0.2) is 5.82 Å². The highest BCUT2D eigenvalue weighted by Crippen LogP contribution is 2.28. The van der Waals surface area contributed by atoms with Crippen LogP contribution < -0.4 is 5.73 Å². The summed E-state index contributed by atoms with van der Waals surface area (Å²) in [6.07, 6.45) is 6.95. The number of hydrogen-bond donors (Lipinski definition) is 1. The molecule has 0 saturated heterocycles. The van der Waals surface area contributed by atoms with E-state index in [2.05, 4.69) is 23.9 Å². The Labute approximate surface area is 104 Å². The van der Waals surface area contributed by atoms with E-state index in [0.717, 1.165) is 30.9 Å². The van der Waals surface area contributed by atoms with Gasteiger partial charge >= 0.3 is 0 Å². The van der Waals surface area contributed by atoms with Crippen LogP contribution in [0.1, 0.15) is 63.5 Å². The Balaban J connectivity index is 2.12. The predicted octanol–water partition coefficient (Wildman–Crippen LogP) is 2.14. The Bertz CT molecular complexity index is 375. The molecule has 0 bridgehead atoms. The van der Waals surface area contributed by atoms with E-state index in [-0.39, 0.29) is 5.54 Å². The molecular weight excluding hydrogens is 212 g/mol. The fraction of sp³-hybridized carbons (Fsp3) is 0.846. The van der Waals surface area contributed by atoms with Gasteiger partial charge in [0, 0.05) is 24.9 Å². The van der Waals surface area contributed by atoms with Crippen molar-refractivity contribution in [2.75, 3.05) is 0 Å². The molecule has 1 heterocycles. The summed E-state index contributed by atoms with van der Waals surface area (Å²) in [6, 6.07) is 0. The van der Waals surface area contributed by atoms with Crippen molar-refractivity contribution in [3.63, 3.8) is 0 Å². The Hall–Kier alpha value is -0.900. The maximum absolute atomic E-state index is 6.46. The van der Waals surface area contributed by atoms with Crippen LogP contribution in [0.15, 0.2) is 0 Å². The van der Waals surface area contributed by atoms with Gasteiger partial charge in [0.1, 0.15) is 5.82 Å². The topological polar surface area (TPSA) is 56.7 Å². The third-order valence-corrected chi connectivity index (χ3v) is 3.75. The van der Waals surface area contributed by atoms with Crippen LogP contribution in [0.3, 0.4) is 0 Å². The van der Waals surface area contributed by atoms with E-state index in [0.29, 0.717) is 5.92 Å². The van der Waals surface area contributed by atoms with Gasteiger partial charge in [0.2, 0.25) is 0 Å². The number of aromatic nitrogens is 3. The molecule has 1 aromatic heterocycles. The molecule has 17 heavy (non-hydrogen) atoms. The van der Waals surface area contributed by atoms with Crippen molar-refractivity contribution in [3.05, 3.63) is 11.6 Å². The lowest BCUT2D eigenvalue weighted by Gasteiger charge is -2.32. The number of nitrogens with zero attached hydrogens (tertiary/aromatic N) is 3. The number of aryl methyl sites for hydroxylation is 1. The summed E-state index contributed by atoms with van der Waals surface area (Å²) in [5.74, 6) is 2.36. The van der Waals surface area contributed by atoms with Crippen molar-refractivity contribution >= 4 is 0 Å². The first-order valence-corrected chi connectivity index (χ1v) is 6.69. The molecule has 96 valence electrons. The summed E-state index contributed by atoms with van der Waals surface area (Å²) < 4.78 is 1.90. The van der Waals surface area contributed by atoms with E-state index in [4.69, 9.17) is 5.73 Å². The number of hydrogen-bond acceptors (Lipinski definition) is 3. The quantitative estimate of drug-likeness (QED) is 0.874. The summed E-state index contributed by atoms with van der Waals surface area (Å²) in [7, 11) is 1.97. The van der Waals surface area contributed by atoms with Gasteiger partial charge in [-0.25, -0.2) is 4.98 Å². The molecule has 0 aromatic carbocycles. The lowest BCUT2D eigenvalue weighted by atomic mass is 9.80. The zero-order valence-electron chi connectivity index (χ0n) is 11.2. The van der Waals surface area contributed by atoms with Crippen molar-refractivity contribution in [2.45, 2.75) is 63.8 Å². The van der Waals surface area contributed by atoms with Gasteiger partial charge in [-0.15, -0.1) is 0 Å². The molecular formula is C13H24N4. The van der Waals surface area contributed by atoms with Crippen LogP contribution in [-0.2, 0) is 13.5 Å². The summed E-state index contributed by atoms with van der Waals surface area (Å²) in [4.78, 5) is 4.62. The smallest absolute Gasteiger partial charge is 0.153 e. The second kappa shape index (κ2) is 4.77. The molecule has 4 heteroatoms. The molecule has 0 aliphatic heterocycles. The normalized spacial score (nSPS) is 19.8. The Morgan fingerprint density at radius 1 is 1.29 bits per heavy atom. The molecule has 0 radical (unpaired) electrons. The SMILES string of the molecule is CC(C)c1nc(CC2(N)CCCCC2)n(C)n1. The van der Waals surface area contributed by atoms with Gasteiger partial charge in [-0.3, -0.25) is 4.68 Å². The minimum atomic E-state index is -0.0483. The zero-order valence-corrected chi connectivity index (χ0v) is 11.2. The molecule has 2 N–H and O–H groups in total. The fourth-order valence-electron chi connectivity index (χ4n) is 2.58. The van der Waals surface area contributed by atoms with E-state index in [9.17, 15) is 0 Å². The summed E-state index contributed by atoms with van der Waals surface area (Å²) in [5, 5.41) is 4.46. The lowest BCUT2D eigenvalue weighted by Crippen LogP contribution is -2.44. The third-order valence-electron chi connectivity index (χ3n) is 3.75. The number of rotatable bonds is 3. The van der Waals surface area contributed by atoms with Gasteiger partial charge in [-0.2, -0.15) is 5.10 Å². The van der Waals surface area contributed by atoms with Crippen molar-refractivity contribution < 1.29 is 0 Å². The van der Waals surface area contributed by atoms with Gasteiger partial charge in [0.05, 0.1) is 0 Å². The molecule has 1 saturated carbocycles. The summed E-state index contributed by atoms with van der Waals surface area (Å²) >= 11 is 0. The second-order valence-corrected chi connectivity index (χ2v) is 5.76. The third kappa shape index (κ3) is 2.86. The Kier molecular flexibility index (Phi) is 3.52. The van der Waals surface area contributed by atoms with Gasteiger partial charge in [-0.1, -0.05) is 33.1 Å². The van der Waals surface area contributed by atoms with E-state index >= 15 is 0 Å². The number of nitrogens with two attached hydrogens (primary N) is 1. The molecule has 1 aliphatic carbocycles. The zero-order chi connectivity index (χ0) is 12.5. The highest BCUT2D eigenvalue weighted by molar-refractivity contribution is 5.03. The van der Waals surface area contributed by atoms with Crippen LogP contribution in [0.2, 0.25) is 0 Å². The van der Waals surface area contributed by atoms with Crippen LogP contribution in [0.5, 0.6) is 0 Å². The molecule has 1 fully saturated rings. The van der Waals surface area contributed by atoms with Gasteiger partial charge in [-0.05, 0) is 12.8 Å². The molecule has 1 aliphatic rings. The molecule has 0 atom stereocenters. The van der Waals surface area contributed by atoms with E-state index in [1.165, 1.54) is 19.3 Å².